The monoisotopic (exact) mass is 261 g/mol. The van der Waals surface area contributed by atoms with Crippen LogP contribution in [0.1, 0.15) is 52.2 Å². The van der Waals surface area contributed by atoms with Crippen molar-refractivity contribution >= 4 is 0 Å². The summed E-state index contributed by atoms with van der Waals surface area (Å²) >= 11 is 0. The van der Waals surface area contributed by atoms with E-state index in [-0.39, 0.29) is 0 Å². The topological polar surface area (TPSA) is 3.24 Å². The molecular weight excluding hydrogens is 230 g/mol. The zero-order chi connectivity index (χ0) is 14.3. The Morgan fingerprint density at radius 3 is 2.05 bits per heavy atom. The van der Waals surface area contributed by atoms with E-state index in [1.54, 1.807) is 0 Å². The van der Waals surface area contributed by atoms with E-state index in [4.69, 9.17) is 0 Å². The van der Waals surface area contributed by atoms with Crippen molar-refractivity contribution in [2.45, 2.75) is 54.0 Å². The van der Waals surface area contributed by atoms with Gasteiger partial charge < -0.3 is 0 Å². The second-order valence-corrected chi connectivity index (χ2v) is 6.55. The minimum Gasteiger partial charge on any atom is -0.299 e. The van der Waals surface area contributed by atoms with Crippen LogP contribution in [0.2, 0.25) is 0 Å². The molecule has 0 aliphatic rings. The molecule has 108 valence electrons. The highest BCUT2D eigenvalue weighted by Crippen LogP contribution is 2.13. The van der Waals surface area contributed by atoms with Crippen molar-refractivity contribution in [2.24, 2.45) is 11.8 Å². The second kappa shape index (κ2) is 8.37. The maximum absolute atomic E-state index is 2.60. The first-order valence-corrected chi connectivity index (χ1v) is 7.81. The van der Waals surface area contributed by atoms with Crippen LogP contribution in [0, 0.1) is 11.8 Å². The lowest BCUT2D eigenvalue weighted by Crippen LogP contribution is -2.30. The highest BCUT2D eigenvalue weighted by Gasteiger charge is 2.10. The van der Waals surface area contributed by atoms with Crippen LogP contribution in [-0.4, -0.2) is 18.0 Å². The van der Waals surface area contributed by atoms with Crippen molar-refractivity contribution in [1.29, 1.82) is 0 Å². The summed E-state index contributed by atoms with van der Waals surface area (Å²) in [4.78, 5) is 2.60. The summed E-state index contributed by atoms with van der Waals surface area (Å²) in [6.45, 7) is 14.9. The Morgan fingerprint density at radius 1 is 0.947 bits per heavy atom. The molecule has 1 aromatic rings. The van der Waals surface area contributed by atoms with E-state index < -0.39 is 0 Å². The Balaban J connectivity index is 2.68. The van der Waals surface area contributed by atoms with E-state index in [0.717, 1.165) is 18.4 Å². The van der Waals surface area contributed by atoms with Gasteiger partial charge in [0.05, 0.1) is 0 Å². The third-order valence-corrected chi connectivity index (χ3v) is 3.18. The first-order valence-electron chi connectivity index (χ1n) is 7.81. The van der Waals surface area contributed by atoms with Gasteiger partial charge in [0.2, 0.25) is 0 Å². The Morgan fingerprint density at radius 2 is 1.53 bits per heavy atom. The van der Waals surface area contributed by atoms with Gasteiger partial charge >= 0.3 is 0 Å². The zero-order valence-electron chi connectivity index (χ0n) is 13.4. The number of hydrogen-bond acceptors (Lipinski definition) is 1. The summed E-state index contributed by atoms with van der Waals surface area (Å²) in [6, 6.07) is 9.12. The van der Waals surface area contributed by atoms with Crippen LogP contribution in [0.3, 0.4) is 0 Å². The van der Waals surface area contributed by atoms with E-state index in [1.165, 1.54) is 37.1 Å². The molecule has 0 radical (unpaired) electrons. The summed E-state index contributed by atoms with van der Waals surface area (Å²) < 4.78 is 0. The van der Waals surface area contributed by atoms with Crippen LogP contribution in [0.4, 0.5) is 0 Å². The minimum absolute atomic E-state index is 0.734. The van der Waals surface area contributed by atoms with Crippen molar-refractivity contribution in [3.05, 3.63) is 35.4 Å². The van der Waals surface area contributed by atoms with Gasteiger partial charge in [-0.1, -0.05) is 65.3 Å². The predicted octanol–water partition coefficient (Wildman–Crippen LogP) is 4.75. The van der Waals surface area contributed by atoms with Crippen molar-refractivity contribution < 1.29 is 0 Å². The molecule has 1 nitrogen and oxygen atoms in total. The van der Waals surface area contributed by atoms with Gasteiger partial charge in [-0.3, -0.25) is 4.90 Å². The maximum atomic E-state index is 2.60. The van der Waals surface area contributed by atoms with Crippen LogP contribution < -0.4 is 0 Å². The molecule has 0 amide bonds. The molecule has 0 unspecified atom stereocenters. The number of rotatable bonds is 8. The number of aryl methyl sites for hydroxylation is 1. The fourth-order valence-corrected chi connectivity index (χ4v) is 2.67. The van der Waals surface area contributed by atoms with Gasteiger partial charge in [-0.2, -0.15) is 0 Å². The molecule has 0 aliphatic heterocycles. The van der Waals surface area contributed by atoms with Crippen LogP contribution in [0.25, 0.3) is 0 Å². The molecule has 0 spiro atoms. The van der Waals surface area contributed by atoms with Gasteiger partial charge in [0, 0.05) is 19.6 Å². The highest BCUT2D eigenvalue weighted by molar-refractivity contribution is 5.23. The average molecular weight is 261 g/mol. The van der Waals surface area contributed by atoms with Crippen molar-refractivity contribution in [1.82, 2.24) is 4.90 Å². The van der Waals surface area contributed by atoms with Gasteiger partial charge in [-0.05, 0) is 29.4 Å². The average Bonchev–Trinajstić information content (AvgIpc) is 2.27. The van der Waals surface area contributed by atoms with E-state index in [1.807, 2.05) is 0 Å². The Labute approximate surface area is 120 Å². The Hall–Kier alpha value is -0.820. The predicted molar refractivity (Wildman–Crippen MR) is 85.4 cm³/mol. The number of benzene rings is 1. The number of hydrogen-bond donors (Lipinski definition) is 0. The summed E-state index contributed by atoms with van der Waals surface area (Å²) in [7, 11) is 0. The van der Waals surface area contributed by atoms with Crippen LogP contribution >= 0.6 is 0 Å². The Bertz CT molecular complexity index is 344. The maximum Gasteiger partial charge on any atom is 0.0234 e. The lowest BCUT2D eigenvalue weighted by molar-refractivity contribution is 0.211. The summed E-state index contributed by atoms with van der Waals surface area (Å²) in [5.41, 5.74) is 2.95. The molecule has 0 fully saturated rings. The fourth-order valence-electron chi connectivity index (χ4n) is 2.67. The molecule has 1 rings (SSSR count). The van der Waals surface area contributed by atoms with Gasteiger partial charge in [-0.15, -0.1) is 0 Å². The standard InChI is InChI=1S/C18H31N/c1-6-8-17-9-7-10-18(11-17)14-19(12-15(2)3)13-16(4)5/h7,9-11,15-16H,6,8,12-14H2,1-5H3. The molecule has 0 heterocycles. The van der Waals surface area contributed by atoms with Crippen LogP contribution in [0.5, 0.6) is 0 Å². The van der Waals surface area contributed by atoms with E-state index in [0.29, 0.717) is 0 Å². The molecule has 19 heavy (non-hydrogen) atoms. The quantitative estimate of drug-likeness (QED) is 0.652. The van der Waals surface area contributed by atoms with Crippen LogP contribution in [0.15, 0.2) is 24.3 Å². The van der Waals surface area contributed by atoms with Gasteiger partial charge in [0.1, 0.15) is 0 Å². The molecule has 0 saturated carbocycles. The third-order valence-electron chi connectivity index (χ3n) is 3.18. The summed E-state index contributed by atoms with van der Waals surface area (Å²) in [5, 5.41) is 0. The van der Waals surface area contributed by atoms with E-state index in [9.17, 15) is 0 Å². The van der Waals surface area contributed by atoms with E-state index >= 15 is 0 Å². The molecule has 1 heteroatoms. The molecule has 0 atom stereocenters. The zero-order valence-corrected chi connectivity index (χ0v) is 13.4. The largest absolute Gasteiger partial charge is 0.299 e. The molecule has 0 N–H and O–H groups in total. The van der Waals surface area contributed by atoms with Gasteiger partial charge in [-0.25, -0.2) is 0 Å². The lowest BCUT2D eigenvalue weighted by Gasteiger charge is -2.26. The second-order valence-electron chi connectivity index (χ2n) is 6.55. The Kier molecular flexibility index (Phi) is 7.15. The fraction of sp³-hybridized carbons (Fsp3) is 0.667. The van der Waals surface area contributed by atoms with Crippen molar-refractivity contribution in [3.8, 4) is 0 Å². The molecule has 0 bridgehead atoms. The highest BCUT2D eigenvalue weighted by atomic mass is 15.1. The first kappa shape index (κ1) is 16.2. The van der Waals surface area contributed by atoms with E-state index in [2.05, 4.69) is 63.8 Å². The molecule has 1 aromatic carbocycles. The molecule has 0 saturated heterocycles. The summed E-state index contributed by atoms with van der Waals surface area (Å²) in [6.07, 6.45) is 2.42. The third kappa shape index (κ3) is 6.77. The minimum atomic E-state index is 0.734. The molecule has 0 aromatic heterocycles. The number of nitrogens with zero attached hydrogens (tertiary/aromatic N) is 1. The molecular formula is C18H31N. The van der Waals surface area contributed by atoms with Crippen molar-refractivity contribution in [2.75, 3.05) is 13.1 Å². The SMILES string of the molecule is CCCc1cccc(CN(CC(C)C)CC(C)C)c1. The van der Waals surface area contributed by atoms with Crippen molar-refractivity contribution in [3.63, 3.8) is 0 Å². The van der Waals surface area contributed by atoms with Gasteiger partial charge in [0.15, 0.2) is 0 Å². The normalized spacial score (nSPS) is 11.8. The lowest BCUT2D eigenvalue weighted by atomic mass is 10.1. The smallest absolute Gasteiger partial charge is 0.0234 e. The van der Waals surface area contributed by atoms with Crippen LogP contribution in [-0.2, 0) is 13.0 Å². The first-order chi connectivity index (χ1) is 9.01. The molecule has 0 aliphatic carbocycles. The van der Waals surface area contributed by atoms with Gasteiger partial charge in [0.25, 0.3) is 0 Å². The summed E-state index contributed by atoms with van der Waals surface area (Å²) in [5.74, 6) is 1.47.